The Hall–Kier alpha value is -1.10. The Labute approximate surface area is 89.8 Å². The molecule has 1 saturated carbocycles. The number of hydrogen-bond donors (Lipinski definition) is 3. The highest BCUT2D eigenvalue weighted by Gasteiger charge is 2.28. The smallest absolute Gasteiger partial charge is 0.223 e. The Balaban J connectivity index is 1.92. The Bertz CT molecular complexity index is 239. The highest BCUT2D eigenvalue weighted by atomic mass is 16.2. The fourth-order valence-corrected chi connectivity index (χ4v) is 1.18. The summed E-state index contributed by atoms with van der Waals surface area (Å²) in [4.78, 5) is 21.9. The second kappa shape index (κ2) is 5.70. The van der Waals surface area contributed by atoms with E-state index in [9.17, 15) is 9.59 Å². The summed E-state index contributed by atoms with van der Waals surface area (Å²) in [5, 5.41) is 5.90. The van der Waals surface area contributed by atoms with E-state index in [0.29, 0.717) is 19.6 Å². The van der Waals surface area contributed by atoms with Crippen LogP contribution in [0.5, 0.6) is 0 Å². The molecule has 0 aromatic rings. The molecule has 1 unspecified atom stereocenters. The monoisotopic (exact) mass is 213 g/mol. The molecule has 1 aliphatic carbocycles. The molecule has 0 heterocycles. The van der Waals surface area contributed by atoms with Gasteiger partial charge in [0.15, 0.2) is 0 Å². The van der Waals surface area contributed by atoms with Gasteiger partial charge in [0.2, 0.25) is 11.8 Å². The topological polar surface area (TPSA) is 84.2 Å². The van der Waals surface area contributed by atoms with Crippen LogP contribution >= 0.6 is 0 Å². The summed E-state index contributed by atoms with van der Waals surface area (Å²) in [7, 11) is 0. The minimum absolute atomic E-state index is 0.153. The van der Waals surface area contributed by atoms with Gasteiger partial charge in [-0.15, -0.1) is 0 Å². The van der Waals surface area contributed by atoms with E-state index >= 15 is 0 Å². The molecule has 0 spiro atoms. The average Bonchev–Trinajstić information content (AvgIpc) is 2.99. The van der Waals surface area contributed by atoms with E-state index in [1.165, 1.54) is 0 Å². The van der Waals surface area contributed by atoms with Gasteiger partial charge in [0.1, 0.15) is 0 Å². The predicted molar refractivity (Wildman–Crippen MR) is 57.0 cm³/mol. The van der Waals surface area contributed by atoms with Crippen molar-refractivity contribution in [1.29, 1.82) is 0 Å². The molecule has 1 aliphatic rings. The van der Waals surface area contributed by atoms with Crippen LogP contribution in [0, 0.1) is 11.8 Å². The van der Waals surface area contributed by atoms with Crippen molar-refractivity contribution in [2.75, 3.05) is 19.6 Å². The lowest BCUT2D eigenvalue weighted by Crippen LogP contribution is -2.36. The molecule has 0 aromatic carbocycles. The van der Waals surface area contributed by atoms with Gasteiger partial charge in [0.05, 0.1) is 0 Å². The van der Waals surface area contributed by atoms with Crippen molar-refractivity contribution < 1.29 is 9.59 Å². The highest BCUT2D eigenvalue weighted by molar-refractivity contribution is 5.80. The largest absolute Gasteiger partial charge is 0.369 e. The second-order valence-electron chi connectivity index (χ2n) is 4.07. The Morgan fingerprint density at radius 2 is 2.07 bits per heavy atom. The molecule has 5 nitrogen and oxygen atoms in total. The number of rotatable bonds is 7. The van der Waals surface area contributed by atoms with Gasteiger partial charge in [-0.25, -0.2) is 0 Å². The molecule has 86 valence electrons. The number of carbonyl (C=O) groups excluding carboxylic acids is 2. The van der Waals surface area contributed by atoms with Crippen molar-refractivity contribution in [3.8, 4) is 0 Å². The SMILES string of the molecule is CC(CNCCNC(=O)C1CC1)C(N)=O. The third-order valence-electron chi connectivity index (χ3n) is 2.49. The maximum absolute atomic E-state index is 11.2. The lowest BCUT2D eigenvalue weighted by atomic mass is 10.2. The van der Waals surface area contributed by atoms with Gasteiger partial charge in [-0.2, -0.15) is 0 Å². The Morgan fingerprint density at radius 1 is 1.40 bits per heavy atom. The molecule has 0 aromatic heterocycles. The maximum Gasteiger partial charge on any atom is 0.223 e. The van der Waals surface area contributed by atoms with Crippen LogP contribution in [-0.4, -0.2) is 31.4 Å². The second-order valence-corrected chi connectivity index (χ2v) is 4.07. The van der Waals surface area contributed by atoms with Crippen LogP contribution in [0.1, 0.15) is 19.8 Å². The molecule has 1 rings (SSSR count). The number of nitrogens with one attached hydrogen (secondary N) is 2. The summed E-state index contributed by atoms with van der Waals surface area (Å²) < 4.78 is 0. The average molecular weight is 213 g/mol. The van der Waals surface area contributed by atoms with Gasteiger partial charge in [-0.05, 0) is 12.8 Å². The summed E-state index contributed by atoms with van der Waals surface area (Å²) in [6, 6.07) is 0. The zero-order chi connectivity index (χ0) is 11.3. The number of hydrogen-bond acceptors (Lipinski definition) is 3. The van der Waals surface area contributed by atoms with Gasteiger partial charge in [0, 0.05) is 31.5 Å². The first-order valence-electron chi connectivity index (χ1n) is 5.39. The summed E-state index contributed by atoms with van der Waals surface area (Å²) in [6.07, 6.45) is 2.05. The first-order chi connectivity index (χ1) is 7.11. The summed E-state index contributed by atoms with van der Waals surface area (Å²) in [6.45, 7) is 3.63. The van der Waals surface area contributed by atoms with Crippen LogP contribution < -0.4 is 16.4 Å². The third kappa shape index (κ3) is 4.78. The molecule has 2 amide bonds. The van der Waals surface area contributed by atoms with Crippen LogP contribution in [0.15, 0.2) is 0 Å². The summed E-state index contributed by atoms with van der Waals surface area (Å²) in [5.74, 6) is -0.0528. The lowest BCUT2D eigenvalue weighted by Gasteiger charge is -2.09. The quantitative estimate of drug-likeness (QED) is 0.485. The van der Waals surface area contributed by atoms with E-state index in [2.05, 4.69) is 10.6 Å². The molecular formula is C10H19N3O2. The number of nitrogens with two attached hydrogens (primary N) is 1. The van der Waals surface area contributed by atoms with Crippen LogP contribution in [0.4, 0.5) is 0 Å². The molecular weight excluding hydrogens is 194 g/mol. The van der Waals surface area contributed by atoms with Gasteiger partial charge in [-0.1, -0.05) is 6.92 Å². The van der Waals surface area contributed by atoms with Crippen molar-refractivity contribution in [3.05, 3.63) is 0 Å². The fraction of sp³-hybridized carbons (Fsp3) is 0.800. The molecule has 0 radical (unpaired) electrons. The molecule has 5 heteroatoms. The van der Waals surface area contributed by atoms with Crippen LogP contribution in [-0.2, 0) is 9.59 Å². The van der Waals surface area contributed by atoms with Crippen LogP contribution in [0.2, 0.25) is 0 Å². The molecule has 15 heavy (non-hydrogen) atoms. The molecule has 0 bridgehead atoms. The third-order valence-corrected chi connectivity index (χ3v) is 2.49. The van der Waals surface area contributed by atoms with E-state index in [4.69, 9.17) is 5.73 Å². The zero-order valence-electron chi connectivity index (χ0n) is 9.08. The highest BCUT2D eigenvalue weighted by Crippen LogP contribution is 2.28. The van der Waals surface area contributed by atoms with Gasteiger partial charge in [0.25, 0.3) is 0 Å². The number of amides is 2. The molecule has 0 saturated heterocycles. The van der Waals surface area contributed by atoms with E-state index in [0.717, 1.165) is 12.8 Å². The Kier molecular flexibility index (Phi) is 4.55. The predicted octanol–water partition coefficient (Wildman–Crippen LogP) is -0.776. The number of carbonyl (C=O) groups is 2. The summed E-state index contributed by atoms with van der Waals surface area (Å²) in [5.41, 5.74) is 5.10. The minimum atomic E-state index is -0.301. The van der Waals surface area contributed by atoms with Crippen molar-refractivity contribution in [3.63, 3.8) is 0 Å². The van der Waals surface area contributed by atoms with Crippen molar-refractivity contribution in [2.24, 2.45) is 17.6 Å². The molecule has 4 N–H and O–H groups in total. The van der Waals surface area contributed by atoms with Crippen LogP contribution in [0.25, 0.3) is 0 Å². The van der Waals surface area contributed by atoms with E-state index in [-0.39, 0.29) is 23.7 Å². The van der Waals surface area contributed by atoms with Crippen LogP contribution in [0.3, 0.4) is 0 Å². The van der Waals surface area contributed by atoms with E-state index < -0.39 is 0 Å². The summed E-state index contributed by atoms with van der Waals surface area (Å²) >= 11 is 0. The first kappa shape index (κ1) is 12.0. The number of primary amides is 1. The first-order valence-corrected chi connectivity index (χ1v) is 5.39. The fourth-order valence-electron chi connectivity index (χ4n) is 1.18. The Morgan fingerprint density at radius 3 is 2.60 bits per heavy atom. The maximum atomic E-state index is 11.2. The van der Waals surface area contributed by atoms with Crippen molar-refractivity contribution >= 4 is 11.8 Å². The molecule has 1 fully saturated rings. The minimum Gasteiger partial charge on any atom is -0.369 e. The van der Waals surface area contributed by atoms with Gasteiger partial charge in [-0.3, -0.25) is 9.59 Å². The van der Waals surface area contributed by atoms with Crippen molar-refractivity contribution in [2.45, 2.75) is 19.8 Å². The van der Waals surface area contributed by atoms with E-state index in [1.807, 2.05) is 0 Å². The van der Waals surface area contributed by atoms with Gasteiger partial charge >= 0.3 is 0 Å². The molecule has 1 atom stereocenters. The molecule has 0 aliphatic heterocycles. The van der Waals surface area contributed by atoms with E-state index in [1.54, 1.807) is 6.92 Å². The van der Waals surface area contributed by atoms with Crippen molar-refractivity contribution in [1.82, 2.24) is 10.6 Å². The zero-order valence-corrected chi connectivity index (χ0v) is 9.08. The normalized spacial score (nSPS) is 17.1. The lowest BCUT2D eigenvalue weighted by molar-refractivity contribution is -0.122. The standard InChI is InChI=1S/C10H19N3O2/c1-7(9(11)14)6-12-4-5-13-10(15)8-2-3-8/h7-8,12H,2-6H2,1H3,(H2,11,14)(H,13,15). The van der Waals surface area contributed by atoms with Gasteiger partial charge < -0.3 is 16.4 Å².